The van der Waals surface area contributed by atoms with E-state index < -0.39 is 8.32 Å². The van der Waals surface area contributed by atoms with E-state index in [-0.39, 0.29) is 5.04 Å². The highest BCUT2D eigenvalue weighted by Crippen LogP contribution is 2.40. The van der Waals surface area contributed by atoms with Crippen molar-refractivity contribution in [3.63, 3.8) is 0 Å². The second-order valence-electron chi connectivity index (χ2n) is 10.1. The standard InChI is InChI=1S/C31H33ClN2OSi/c1-31(2,36(35,26-12-6-3-7-13-26)27-14-8-4-9-15-27)19-11-5-10-16-29-28-18-17-24(22-33)20-25(28)23-34-30(29)21-32/h3-4,6-9,12-15,17-18,20,23,35H,5,10-11,16,19,21H2,1-2H3. The Morgan fingerprint density at radius 2 is 1.56 bits per heavy atom. The highest BCUT2D eigenvalue weighted by Gasteiger charge is 2.49. The van der Waals surface area contributed by atoms with Crippen LogP contribution in [-0.2, 0) is 12.3 Å². The predicted molar refractivity (Wildman–Crippen MR) is 152 cm³/mol. The van der Waals surface area contributed by atoms with Gasteiger partial charge in [-0.15, -0.1) is 11.6 Å². The van der Waals surface area contributed by atoms with E-state index in [9.17, 15) is 10.1 Å². The summed E-state index contributed by atoms with van der Waals surface area (Å²) in [5, 5.41) is 13.2. The van der Waals surface area contributed by atoms with Crippen molar-refractivity contribution < 1.29 is 4.80 Å². The van der Waals surface area contributed by atoms with Gasteiger partial charge in [-0.05, 0) is 57.8 Å². The second-order valence-corrected chi connectivity index (χ2v) is 14.3. The Hall–Kier alpha value is -2.97. The molecule has 0 radical (unpaired) electrons. The van der Waals surface area contributed by atoms with Gasteiger partial charge in [0.1, 0.15) is 0 Å². The van der Waals surface area contributed by atoms with Crippen molar-refractivity contribution in [3.05, 3.63) is 102 Å². The van der Waals surface area contributed by atoms with Crippen LogP contribution >= 0.6 is 11.6 Å². The topological polar surface area (TPSA) is 56.9 Å². The smallest absolute Gasteiger partial charge is 0.258 e. The number of benzene rings is 3. The van der Waals surface area contributed by atoms with Gasteiger partial charge in [-0.2, -0.15) is 5.26 Å². The Bertz CT molecular complexity index is 1310. The van der Waals surface area contributed by atoms with Gasteiger partial charge < -0.3 is 4.80 Å². The molecule has 0 saturated carbocycles. The van der Waals surface area contributed by atoms with Gasteiger partial charge in [-0.25, -0.2) is 0 Å². The number of halogens is 1. The van der Waals surface area contributed by atoms with Crippen molar-refractivity contribution in [3.8, 4) is 6.07 Å². The van der Waals surface area contributed by atoms with E-state index in [4.69, 9.17) is 11.6 Å². The zero-order chi connectivity index (χ0) is 25.6. The Balaban J connectivity index is 1.47. The van der Waals surface area contributed by atoms with Crippen LogP contribution in [0.5, 0.6) is 0 Å². The van der Waals surface area contributed by atoms with Crippen molar-refractivity contribution in [2.75, 3.05) is 0 Å². The van der Waals surface area contributed by atoms with Gasteiger partial charge in [0, 0.05) is 11.6 Å². The first-order valence-electron chi connectivity index (χ1n) is 12.6. The Morgan fingerprint density at radius 3 is 2.14 bits per heavy atom. The summed E-state index contributed by atoms with van der Waals surface area (Å²) < 4.78 is 0. The molecule has 3 nitrogen and oxygen atoms in total. The SMILES string of the molecule is CC(C)(CCCCCc1c(CCl)ncc2cc(C#N)ccc12)[Si](O)(c1ccccc1)c1ccccc1. The third kappa shape index (κ3) is 5.25. The van der Waals surface area contributed by atoms with E-state index in [0.29, 0.717) is 11.4 Å². The van der Waals surface area contributed by atoms with Crippen LogP contribution in [0.25, 0.3) is 10.8 Å². The zero-order valence-corrected chi connectivity index (χ0v) is 22.8. The molecular weight excluding hydrogens is 480 g/mol. The number of nitrogens with zero attached hydrogens (tertiary/aromatic N) is 2. The van der Waals surface area contributed by atoms with Gasteiger partial charge in [-0.1, -0.05) is 93.4 Å². The zero-order valence-electron chi connectivity index (χ0n) is 21.0. The summed E-state index contributed by atoms with van der Waals surface area (Å²) in [6.07, 6.45) is 6.79. The summed E-state index contributed by atoms with van der Waals surface area (Å²) >= 11 is 6.22. The lowest BCUT2D eigenvalue weighted by Gasteiger charge is -2.41. The molecule has 5 heteroatoms. The number of unbranched alkanes of at least 4 members (excludes halogenated alkanes) is 2. The number of fused-ring (bicyclic) bond motifs is 1. The van der Waals surface area contributed by atoms with Crippen molar-refractivity contribution in [2.24, 2.45) is 0 Å². The van der Waals surface area contributed by atoms with Gasteiger partial charge in [0.2, 0.25) is 0 Å². The molecular formula is C31H33ClN2OSi. The van der Waals surface area contributed by atoms with Crippen LogP contribution in [-0.4, -0.2) is 18.1 Å². The van der Waals surface area contributed by atoms with Crippen LogP contribution in [0.3, 0.4) is 0 Å². The Kier molecular flexibility index (Phi) is 8.26. The van der Waals surface area contributed by atoms with Crippen LogP contribution < -0.4 is 10.4 Å². The van der Waals surface area contributed by atoms with E-state index in [2.05, 4.69) is 49.2 Å². The fourth-order valence-corrected chi connectivity index (χ4v) is 9.34. The van der Waals surface area contributed by atoms with Gasteiger partial charge in [0.25, 0.3) is 8.32 Å². The number of hydrogen-bond acceptors (Lipinski definition) is 3. The minimum absolute atomic E-state index is 0.230. The molecule has 0 atom stereocenters. The Morgan fingerprint density at radius 1 is 0.917 bits per heavy atom. The molecule has 0 aliphatic carbocycles. The predicted octanol–water partition coefficient (Wildman–Crippen LogP) is 6.48. The highest BCUT2D eigenvalue weighted by molar-refractivity contribution is 6.98. The first kappa shape index (κ1) is 26.1. The maximum Gasteiger partial charge on any atom is 0.258 e. The lowest BCUT2D eigenvalue weighted by Crippen LogP contribution is -2.65. The summed E-state index contributed by atoms with van der Waals surface area (Å²) in [4.78, 5) is 16.9. The van der Waals surface area contributed by atoms with Crippen molar-refractivity contribution in [2.45, 2.75) is 56.9 Å². The largest absolute Gasteiger partial charge is 0.424 e. The molecule has 0 aliphatic heterocycles. The van der Waals surface area contributed by atoms with E-state index >= 15 is 0 Å². The molecule has 0 amide bonds. The van der Waals surface area contributed by atoms with Gasteiger partial charge in [0.15, 0.2) is 0 Å². The van der Waals surface area contributed by atoms with E-state index in [0.717, 1.165) is 58.9 Å². The minimum Gasteiger partial charge on any atom is -0.424 e. The van der Waals surface area contributed by atoms with Crippen LogP contribution in [0.1, 0.15) is 56.4 Å². The fourth-order valence-electron chi connectivity index (χ4n) is 5.32. The van der Waals surface area contributed by atoms with E-state index in [1.165, 1.54) is 5.56 Å². The maximum absolute atomic E-state index is 12.3. The molecule has 184 valence electrons. The van der Waals surface area contributed by atoms with Gasteiger partial charge in [-0.3, -0.25) is 4.98 Å². The van der Waals surface area contributed by atoms with Crippen LogP contribution in [0.4, 0.5) is 0 Å². The number of hydrogen-bond donors (Lipinski definition) is 1. The van der Waals surface area contributed by atoms with Crippen molar-refractivity contribution >= 4 is 41.1 Å². The molecule has 0 fully saturated rings. The quantitative estimate of drug-likeness (QED) is 0.150. The number of alkyl halides is 1. The second kappa shape index (κ2) is 11.4. The maximum atomic E-state index is 12.3. The molecule has 0 bridgehead atoms. The summed E-state index contributed by atoms with van der Waals surface area (Å²) in [5.41, 5.74) is 2.75. The average Bonchev–Trinajstić information content (AvgIpc) is 2.92. The number of aromatic nitrogens is 1. The minimum atomic E-state index is -2.97. The normalized spacial score (nSPS) is 12.0. The molecule has 36 heavy (non-hydrogen) atoms. The first-order valence-corrected chi connectivity index (χ1v) is 15.1. The third-order valence-corrected chi connectivity index (χ3v) is 12.2. The number of nitriles is 1. The Labute approximate surface area is 220 Å². The molecule has 4 aromatic rings. The average molecular weight is 513 g/mol. The molecule has 1 aromatic heterocycles. The summed E-state index contributed by atoms with van der Waals surface area (Å²) in [6, 6.07) is 28.4. The summed E-state index contributed by atoms with van der Waals surface area (Å²) in [7, 11) is -2.97. The molecule has 0 saturated heterocycles. The number of pyridine rings is 1. The molecule has 3 aromatic carbocycles. The number of aryl methyl sites for hydroxylation is 1. The lowest BCUT2D eigenvalue weighted by molar-refractivity contribution is 0.449. The first-order chi connectivity index (χ1) is 17.4. The summed E-state index contributed by atoms with van der Waals surface area (Å²) in [6.45, 7) is 4.46. The third-order valence-electron chi connectivity index (χ3n) is 7.43. The van der Waals surface area contributed by atoms with Gasteiger partial charge in [0.05, 0.1) is 23.2 Å². The van der Waals surface area contributed by atoms with Crippen LogP contribution in [0.15, 0.2) is 85.1 Å². The van der Waals surface area contributed by atoms with Crippen LogP contribution in [0, 0.1) is 11.3 Å². The molecule has 0 spiro atoms. The molecule has 0 aliphatic rings. The highest BCUT2D eigenvalue weighted by atomic mass is 35.5. The monoisotopic (exact) mass is 512 g/mol. The molecule has 1 N–H and O–H groups in total. The van der Waals surface area contributed by atoms with Crippen molar-refractivity contribution in [1.82, 2.24) is 4.98 Å². The lowest BCUT2D eigenvalue weighted by atomic mass is 9.97. The number of rotatable bonds is 10. The summed E-state index contributed by atoms with van der Waals surface area (Å²) in [5.74, 6) is 0.380. The molecule has 0 unspecified atom stereocenters. The van der Waals surface area contributed by atoms with Gasteiger partial charge >= 0.3 is 0 Å². The molecule has 1 heterocycles. The van der Waals surface area contributed by atoms with E-state index in [1.807, 2.05) is 60.8 Å². The fraction of sp³-hybridized carbons (Fsp3) is 0.290. The van der Waals surface area contributed by atoms with Crippen LogP contribution in [0.2, 0.25) is 5.04 Å². The molecule has 4 rings (SSSR count). The van der Waals surface area contributed by atoms with E-state index in [1.54, 1.807) is 0 Å². The van der Waals surface area contributed by atoms with Crippen molar-refractivity contribution in [1.29, 1.82) is 5.26 Å².